The van der Waals surface area contributed by atoms with E-state index < -0.39 is 115 Å². The molecule has 5 rings (SSSR count). The molecule has 19 heteroatoms. The molecule has 0 spiro atoms. The standard InChI is InChI=1S/C64H106N3O14P.BrH/c1-17-52-64(11,73)58(81-61(71)65-36-30-22-20-18-19-21-23-31-37-82(16,49-32-26-24-27-33-49)50-34-28-25-29-35-50)46(6)67(14)41-42(2)39-62(9,72)57(80-60-55(77-48(8)68)51(66(12)13)38-43(3)75-60)44(4)54(45(5)59(70)78-52)79-53-40-63(10,74-15)56(69)47(7)76-53;/h24-29,32-35,42-47,51-58,60,69,72-73H,17-23,30-31,36-41H2,1-16H3;1H/t42-,43-,44+,45-,46-,47+,51+,52-,53+,54+,55-,56+,57-,58-,60+,62-,63-,64-;/m1./s1. The molecule has 0 aromatic heterocycles. The van der Waals surface area contributed by atoms with E-state index in [-0.39, 0.29) is 54.3 Å². The van der Waals surface area contributed by atoms with Gasteiger partial charge in [-0.1, -0.05) is 89.3 Å². The molecule has 17 nitrogen and oxygen atoms in total. The number of unbranched alkanes of at least 4 members (excludes halogenated alkanes) is 7. The average molecular weight is 1250 g/mol. The Balaban J connectivity index is 0.0000148. The van der Waals surface area contributed by atoms with Crippen LogP contribution in [0, 0.1) is 17.8 Å². The third-order valence-corrected chi connectivity index (χ3v) is 22.2. The van der Waals surface area contributed by atoms with Crippen LogP contribution in [0.3, 0.4) is 0 Å². The number of aliphatic hydroxyl groups is 3. The number of nitrogens with one attached hydrogen (secondary N) is 1. The molecule has 3 aliphatic rings. The Hall–Kier alpha value is -2.84. The summed E-state index contributed by atoms with van der Waals surface area (Å²) in [6.07, 6.45) is 0.468. The first kappa shape index (κ1) is 72.6. The number of rotatable bonds is 22. The van der Waals surface area contributed by atoms with Crippen LogP contribution in [0.15, 0.2) is 60.7 Å². The minimum absolute atomic E-state index is 0. The molecule has 1 amide bonds. The van der Waals surface area contributed by atoms with Crippen LogP contribution >= 0.6 is 7.26 Å². The lowest BCUT2D eigenvalue weighted by molar-refractivity contribution is -0.318. The van der Waals surface area contributed by atoms with E-state index in [1.54, 1.807) is 41.5 Å². The second-order valence-electron chi connectivity index (χ2n) is 25.5. The van der Waals surface area contributed by atoms with E-state index in [0.717, 1.165) is 25.7 Å². The van der Waals surface area contributed by atoms with Crippen molar-refractivity contribution in [3.8, 4) is 0 Å². The van der Waals surface area contributed by atoms with Gasteiger partial charge < -0.3 is 80.4 Å². The van der Waals surface area contributed by atoms with Gasteiger partial charge in [0.25, 0.3) is 0 Å². The summed E-state index contributed by atoms with van der Waals surface area (Å²) >= 11 is 0. The zero-order valence-corrected chi connectivity index (χ0v) is 55.6. The highest BCUT2D eigenvalue weighted by atomic mass is 79.9. The lowest BCUT2D eigenvalue weighted by atomic mass is 9.77. The number of nitrogens with zero attached hydrogens (tertiary/aromatic N) is 2. The van der Waals surface area contributed by atoms with Gasteiger partial charge in [-0.25, -0.2) is 4.79 Å². The summed E-state index contributed by atoms with van der Waals surface area (Å²) in [7, 11) is 5.71. The van der Waals surface area contributed by atoms with Gasteiger partial charge in [0.1, 0.15) is 17.8 Å². The molecule has 0 unspecified atom stereocenters. The van der Waals surface area contributed by atoms with Crippen molar-refractivity contribution >= 4 is 35.9 Å². The van der Waals surface area contributed by atoms with Crippen molar-refractivity contribution in [3.63, 3.8) is 0 Å². The maximum absolute atomic E-state index is 14.9. The van der Waals surface area contributed by atoms with Gasteiger partial charge in [0.15, 0.2) is 24.8 Å². The van der Waals surface area contributed by atoms with Crippen LogP contribution in [0.25, 0.3) is 0 Å². The predicted molar refractivity (Wildman–Crippen MR) is 323 cm³/mol. The monoisotopic (exact) mass is 1250 g/mol. The molecule has 18 atom stereocenters. The number of amides is 1. The smallest absolute Gasteiger partial charge is 0.407 e. The highest BCUT2D eigenvalue weighted by Gasteiger charge is 2.54. The second-order valence-corrected chi connectivity index (χ2v) is 29.3. The number of carbonyl (C=O) groups is 3. The highest BCUT2D eigenvalue weighted by molar-refractivity contribution is 7.88. The molecule has 2 aromatic carbocycles. The van der Waals surface area contributed by atoms with Crippen molar-refractivity contribution in [1.29, 1.82) is 0 Å². The number of hydrogen-bond donors (Lipinski definition) is 4. The van der Waals surface area contributed by atoms with Crippen molar-refractivity contribution in [2.45, 2.75) is 244 Å². The Morgan fingerprint density at radius 3 is 1.92 bits per heavy atom. The molecule has 0 bridgehead atoms. The van der Waals surface area contributed by atoms with Crippen molar-refractivity contribution in [1.82, 2.24) is 15.1 Å². The van der Waals surface area contributed by atoms with E-state index in [0.29, 0.717) is 19.5 Å². The Bertz CT molecular complexity index is 2210. The summed E-state index contributed by atoms with van der Waals surface area (Å²) in [5, 5.41) is 42.8. The molecule has 3 fully saturated rings. The molecule has 0 aliphatic carbocycles. The zero-order chi connectivity index (χ0) is 60.7. The number of ether oxygens (including phenoxy) is 8. The molecule has 474 valence electrons. The lowest BCUT2D eigenvalue weighted by Crippen LogP contribution is -3.00. The summed E-state index contributed by atoms with van der Waals surface area (Å²) in [5.41, 5.74) is -4.64. The Labute approximate surface area is 509 Å². The van der Waals surface area contributed by atoms with Crippen molar-refractivity contribution in [2.75, 3.05) is 54.2 Å². The van der Waals surface area contributed by atoms with Crippen molar-refractivity contribution in [2.24, 2.45) is 17.8 Å². The molecule has 3 saturated heterocycles. The fourth-order valence-corrected chi connectivity index (χ4v) is 16.5. The van der Waals surface area contributed by atoms with Gasteiger partial charge >= 0.3 is 18.0 Å². The van der Waals surface area contributed by atoms with Crippen molar-refractivity contribution < 1.29 is 84.6 Å². The average Bonchev–Trinajstić information content (AvgIpc) is 3.66. The number of cyclic esters (lactones) is 1. The summed E-state index contributed by atoms with van der Waals surface area (Å²) in [5.74, 6) is -3.42. The largest absolute Gasteiger partial charge is 1.00 e. The van der Waals surface area contributed by atoms with Gasteiger partial charge in [0.05, 0.1) is 78.3 Å². The van der Waals surface area contributed by atoms with Crippen LogP contribution in [-0.2, 0) is 47.5 Å². The molecule has 0 saturated carbocycles. The molecular formula is C64H107BrN3O14P. The van der Waals surface area contributed by atoms with E-state index >= 15 is 0 Å². The third kappa shape index (κ3) is 19.6. The normalized spacial score (nSPS) is 35.3. The van der Waals surface area contributed by atoms with E-state index in [9.17, 15) is 29.7 Å². The van der Waals surface area contributed by atoms with Gasteiger partial charge in [0, 0.05) is 45.5 Å². The first-order valence-corrected chi connectivity index (χ1v) is 33.0. The summed E-state index contributed by atoms with van der Waals surface area (Å²) < 4.78 is 51.1. The zero-order valence-electron chi connectivity index (χ0n) is 53.1. The number of hydrogen-bond acceptors (Lipinski definition) is 16. The summed E-state index contributed by atoms with van der Waals surface area (Å²) in [6, 6.07) is 21.1. The number of carbonyl (C=O) groups excluding carboxylic acids is 3. The number of halogens is 1. The van der Waals surface area contributed by atoms with Crippen LogP contribution in [0.1, 0.15) is 153 Å². The fraction of sp³-hybridized carbons (Fsp3) is 0.766. The topological polar surface area (TPSA) is 204 Å². The number of benzene rings is 2. The Kier molecular flexibility index (Phi) is 28.8. The number of esters is 2. The quantitative estimate of drug-likeness (QED) is 0.0489. The number of alkyl carbamates (subject to hydrolysis) is 1. The van der Waals surface area contributed by atoms with Gasteiger partial charge in [0.2, 0.25) is 0 Å². The van der Waals surface area contributed by atoms with Gasteiger partial charge in [-0.15, -0.1) is 0 Å². The molecular weight excluding hydrogens is 1150 g/mol. The minimum atomic E-state index is -1.90. The molecule has 3 aliphatic heterocycles. The minimum Gasteiger partial charge on any atom is -1.00 e. The maximum atomic E-state index is 14.9. The Morgan fingerprint density at radius 2 is 1.37 bits per heavy atom. The Morgan fingerprint density at radius 1 is 0.807 bits per heavy atom. The van der Waals surface area contributed by atoms with Crippen LogP contribution in [0.2, 0.25) is 0 Å². The van der Waals surface area contributed by atoms with Gasteiger partial charge in [-0.2, -0.15) is 0 Å². The van der Waals surface area contributed by atoms with Crippen LogP contribution in [0.5, 0.6) is 0 Å². The summed E-state index contributed by atoms with van der Waals surface area (Å²) in [6.45, 7) is 22.4. The lowest BCUT2D eigenvalue weighted by Gasteiger charge is -2.49. The van der Waals surface area contributed by atoms with E-state index in [4.69, 9.17) is 37.9 Å². The first-order chi connectivity index (χ1) is 38.6. The molecule has 3 heterocycles. The van der Waals surface area contributed by atoms with E-state index in [1.807, 2.05) is 58.6 Å². The van der Waals surface area contributed by atoms with Crippen LogP contribution in [-0.4, -0.2) is 188 Å². The van der Waals surface area contributed by atoms with Crippen LogP contribution < -0.4 is 32.9 Å². The highest BCUT2D eigenvalue weighted by Crippen LogP contribution is 2.53. The fourth-order valence-electron chi connectivity index (χ4n) is 13.1. The van der Waals surface area contributed by atoms with E-state index in [1.165, 1.54) is 56.5 Å². The SMILES string of the molecule is CC[C@H]1OC(=O)[C@H](C)[C@@H](O[C@H]2C[C@@](C)(OC)[C@@H](O)[C@H](C)O2)[C@H](C)[C@@H](O[C@@H]2O[C@H](C)C[C@H](N(C)C)[C@H]2OC(C)=O)[C@](C)(O)C[C@@H](C)CN(C)[C@H](C)[C@@H](OC(=O)NCCCCCCCCCC[P+](C)(c2ccccc2)c2ccccc2)[C@]1(C)O.[Br-]. The molecule has 83 heavy (non-hydrogen) atoms. The summed E-state index contributed by atoms with van der Waals surface area (Å²) in [4.78, 5) is 45.5. The second kappa shape index (κ2) is 32.9. The van der Waals surface area contributed by atoms with Crippen molar-refractivity contribution in [3.05, 3.63) is 60.7 Å². The third-order valence-electron chi connectivity index (χ3n) is 18.1. The number of methoxy groups -OCH3 is 1. The first-order valence-electron chi connectivity index (χ1n) is 30.5. The van der Waals surface area contributed by atoms with Gasteiger partial charge in [-0.05, 0) is 138 Å². The number of aliphatic hydroxyl groups excluding tert-OH is 1. The van der Waals surface area contributed by atoms with E-state index in [2.05, 4.69) is 72.6 Å². The number of likely N-dealkylation sites (N-methyl/N-ethyl adjacent to an activating group) is 2. The van der Waals surface area contributed by atoms with Gasteiger partial charge in [-0.3, -0.25) is 14.5 Å². The molecule has 4 N–H and O–H groups in total. The maximum Gasteiger partial charge on any atom is 0.407 e. The predicted octanol–water partition coefficient (Wildman–Crippen LogP) is 5.63. The molecule has 2 aromatic rings. The van der Waals surface area contributed by atoms with Crippen LogP contribution in [0.4, 0.5) is 4.79 Å². The molecule has 0 radical (unpaired) electrons.